The first-order valence-electron chi connectivity index (χ1n) is 29.1. The van der Waals surface area contributed by atoms with Crippen molar-refractivity contribution >= 4 is 104 Å². The smallest absolute Gasteiger partial charge is 0.374 e. The fourth-order valence-corrected chi connectivity index (χ4v) is 11.2. The molecule has 24 nitrogen and oxygen atoms in total. The quantitative estimate of drug-likeness (QED) is 0.0335. The first kappa shape index (κ1) is 58.4. The number of H-pyrrole nitrogens is 3. The van der Waals surface area contributed by atoms with Gasteiger partial charge in [0.15, 0.2) is 17.3 Å². The van der Waals surface area contributed by atoms with Gasteiger partial charge in [-0.05, 0) is 120 Å². The average molecular weight is 1230 g/mol. The number of nitrogens with two attached hydrogens (primary N) is 3. The number of ketones is 3. The molecule has 9 N–H and O–H groups in total. The van der Waals surface area contributed by atoms with Crippen molar-refractivity contribution < 1.29 is 43.0 Å². The summed E-state index contributed by atoms with van der Waals surface area (Å²) in [6.45, 7) is 4.00. The van der Waals surface area contributed by atoms with E-state index in [4.69, 9.17) is 26.7 Å². The van der Waals surface area contributed by atoms with Gasteiger partial charge in [-0.1, -0.05) is 72.8 Å². The molecule has 0 aliphatic heterocycles. The van der Waals surface area contributed by atoms with E-state index in [1.807, 2.05) is 91.0 Å². The number of fused-ring (bicyclic) bond motifs is 6. The van der Waals surface area contributed by atoms with Gasteiger partial charge in [0, 0.05) is 36.0 Å². The van der Waals surface area contributed by atoms with E-state index >= 15 is 0 Å². The second-order valence-corrected chi connectivity index (χ2v) is 21.5. The minimum Gasteiger partial charge on any atom is -0.463 e. The molecule has 6 heterocycles. The molecule has 0 amide bonds. The Labute approximate surface area is 522 Å². The number of hydrogen-bond acceptors (Lipinski definition) is 18. The Morgan fingerprint density at radius 2 is 0.739 bits per heavy atom. The molecular formula is C68H55N15O9. The highest BCUT2D eigenvalue weighted by molar-refractivity contribution is 6.17. The van der Waals surface area contributed by atoms with Crippen molar-refractivity contribution in [3.63, 3.8) is 0 Å². The van der Waals surface area contributed by atoms with Crippen LogP contribution in [-0.4, -0.2) is 115 Å². The summed E-state index contributed by atoms with van der Waals surface area (Å²) in [5.74, 6) is -0.842. The Bertz CT molecular complexity index is 4910. The van der Waals surface area contributed by atoms with Crippen LogP contribution < -0.4 is 17.2 Å². The number of nitrogens with zero attached hydrogens (tertiary/aromatic N) is 9. The summed E-state index contributed by atoms with van der Waals surface area (Å²) in [6.07, 6.45) is 11.9. The van der Waals surface area contributed by atoms with Crippen LogP contribution in [0.3, 0.4) is 0 Å². The van der Waals surface area contributed by atoms with Crippen LogP contribution >= 0.6 is 0 Å². The highest BCUT2D eigenvalue weighted by atomic mass is 16.5. The largest absolute Gasteiger partial charge is 0.463 e. The summed E-state index contributed by atoms with van der Waals surface area (Å²) in [5.41, 5.74) is 34.2. The van der Waals surface area contributed by atoms with E-state index in [2.05, 4.69) is 49.9 Å². The first-order valence-corrected chi connectivity index (χ1v) is 29.1. The van der Waals surface area contributed by atoms with Crippen LogP contribution in [0.2, 0.25) is 0 Å². The van der Waals surface area contributed by atoms with Crippen LogP contribution in [0.1, 0.15) is 110 Å². The molecule has 0 fully saturated rings. The van der Waals surface area contributed by atoms with E-state index in [0.717, 1.165) is 33.4 Å². The maximum Gasteiger partial charge on any atom is 0.374 e. The maximum atomic E-state index is 13.1. The van der Waals surface area contributed by atoms with Gasteiger partial charge in [-0.3, -0.25) is 14.4 Å². The Morgan fingerprint density at radius 3 is 1.03 bits per heavy atom. The van der Waals surface area contributed by atoms with E-state index in [-0.39, 0.29) is 65.5 Å². The molecule has 0 saturated heterocycles. The third-order valence-corrected chi connectivity index (χ3v) is 15.8. The van der Waals surface area contributed by atoms with Crippen molar-refractivity contribution in [2.75, 3.05) is 37.5 Å². The van der Waals surface area contributed by atoms with E-state index in [1.165, 1.54) is 39.7 Å². The number of hydrogen-bond donors (Lipinski definition) is 6. The van der Waals surface area contributed by atoms with Crippen LogP contribution in [0, 0.1) is 0 Å². The number of carbonyl (C=O) groups is 6. The molecule has 3 aliphatic rings. The van der Waals surface area contributed by atoms with Crippen LogP contribution in [0.4, 0.5) is 17.5 Å². The zero-order valence-electron chi connectivity index (χ0n) is 49.6. The molecule has 6 aromatic heterocycles. The molecule has 6 aromatic carbocycles. The van der Waals surface area contributed by atoms with Crippen molar-refractivity contribution in [2.24, 2.45) is 0 Å². The van der Waals surface area contributed by atoms with Crippen LogP contribution in [0.15, 0.2) is 163 Å². The van der Waals surface area contributed by atoms with Gasteiger partial charge in [-0.25, -0.2) is 43.4 Å². The average Bonchev–Trinajstić information content (AvgIpc) is 1.71. The topological polar surface area (TPSA) is 348 Å². The summed E-state index contributed by atoms with van der Waals surface area (Å²) in [7, 11) is 1.29. The number of nitrogen functional groups attached to an aromatic ring is 3. The van der Waals surface area contributed by atoms with Gasteiger partial charge >= 0.3 is 17.9 Å². The molecule has 0 radical (unpaired) electrons. The number of nitrogens with one attached hydrogen (secondary N) is 3. The second kappa shape index (κ2) is 24.2. The van der Waals surface area contributed by atoms with E-state index in [9.17, 15) is 28.8 Å². The number of aromatic amines is 3. The number of Topliss-reactive ketones (excluding diaryl/α,β-unsaturated/α-hetero) is 3. The zero-order chi connectivity index (χ0) is 63.9. The summed E-state index contributed by atoms with van der Waals surface area (Å²) >= 11 is 0. The van der Waals surface area contributed by atoms with Gasteiger partial charge in [0.2, 0.25) is 17.5 Å². The molecule has 92 heavy (non-hydrogen) atoms. The van der Waals surface area contributed by atoms with E-state index in [0.29, 0.717) is 103 Å². The lowest BCUT2D eigenvalue weighted by atomic mass is 10.0. The second-order valence-electron chi connectivity index (χ2n) is 21.5. The van der Waals surface area contributed by atoms with Crippen molar-refractivity contribution in [3.05, 3.63) is 230 Å². The predicted molar refractivity (Wildman–Crippen MR) is 343 cm³/mol. The van der Waals surface area contributed by atoms with Crippen molar-refractivity contribution in [3.8, 4) is 17.1 Å². The Morgan fingerprint density at radius 1 is 0.435 bits per heavy atom. The molecule has 15 rings (SSSR count). The number of imidazole rings is 3. The summed E-state index contributed by atoms with van der Waals surface area (Å²) < 4.78 is 19.1. The predicted octanol–water partition coefficient (Wildman–Crippen LogP) is 9.60. The fraction of sp³-hybridized carbons (Fsp3) is 0.118. The Balaban J connectivity index is 0.000000126. The highest BCUT2D eigenvalue weighted by Crippen LogP contribution is 2.33. The minimum absolute atomic E-state index is 0.113. The Kier molecular flexibility index (Phi) is 15.3. The number of methoxy groups -OCH3 is 1. The first-order chi connectivity index (χ1) is 44.6. The number of anilines is 3. The molecular weight excluding hydrogens is 1170 g/mol. The Hall–Kier alpha value is -12.6. The van der Waals surface area contributed by atoms with Crippen molar-refractivity contribution in [1.29, 1.82) is 0 Å². The molecule has 0 bridgehead atoms. The molecule has 0 unspecified atom stereocenters. The summed E-state index contributed by atoms with van der Waals surface area (Å²) in [4.78, 5) is 96.2. The third-order valence-electron chi connectivity index (χ3n) is 15.8. The molecule has 0 atom stereocenters. The lowest BCUT2D eigenvalue weighted by Gasteiger charge is -2.05. The molecule has 456 valence electrons. The lowest BCUT2D eigenvalue weighted by molar-refractivity contribution is 0.0504. The molecule has 12 aromatic rings. The minimum atomic E-state index is -0.551. The van der Waals surface area contributed by atoms with Crippen LogP contribution in [0.5, 0.6) is 0 Å². The van der Waals surface area contributed by atoms with Crippen molar-refractivity contribution in [1.82, 2.24) is 59.2 Å². The van der Waals surface area contributed by atoms with Gasteiger partial charge in [0.25, 0.3) is 0 Å². The number of esters is 3. The number of rotatable bonds is 14. The monoisotopic (exact) mass is 1230 g/mol. The van der Waals surface area contributed by atoms with Crippen LogP contribution in [0.25, 0.3) is 68.4 Å². The van der Waals surface area contributed by atoms with Gasteiger partial charge in [0.1, 0.15) is 17.5 Å². The van der Waals surface area contributed by atoms with Gasteiger partial charge in [-0.2, -0.15) is 15.3 Å². The molecule has 3 aliphatic carbocycles. The molecule has 0 spiro atoms. The SMILES string of the molecule is CCOC(=O)c1nc2ccc(-n3ncc(C(=O)C4=Cc5ccccc5C4)c3N)cc2[nH]1.CCOC(=O)c1nc2ccc(-n3ncc(C(=O)C4=Cc5ccccc5C4)c3N)cc2[nH]1.COC(=O)c1nc2ccc(-n3ncc(C(=O)C4=Cc5ccccc5C4)c3N)cc2[nH]1. The molecule has 0 saturated carbocycles. The normalized spacial score (nSPS) is 12.6. The van der Waals surface area contributed by atoms with Gasteiger partial charge in [-0.15, -0.1) is 0 Å². The molecule has 24 heteroatoms. The van der Waals surface area contributed by atoms with Crippen LogP contribution in [-0.2, 0) is 33.5 Å². The highest BCUT2D eigenvalue weighted by Gasteiger charge is 2.28. The van der Waals surface area contributed by atoms with E-state index in [1.54, 1.807) is 68.4 Å². The number of aromatic nitrogens is 12. The third kappa shape index (κ3) is 11.0. The summed E-state index contributed by atoms with van der Waals surface area (Å²) in [6, 6.07) is 39.6. The number of allylic oxidation sites excluding steroid dienone is 3. The zero-order valence-corrected chi connectivity index (χ0v) is 49.6. The number of ether oxygens (including phenoxy) is 3. The van der Waals surface area contributed by atoms with Gasteiger partial charge < -0.3 is 46.4 Å². The lowest BCUT2D eigenvalue weighted by Crippen LogP contribution is -2.08. The standard InChI is InChI=1S/2C23H19N5O3.C22H17N5O3/c2*1-2-31-23(30)22-26-18-8-7-16(11-19(18)27-22)28-21(24)17(12-25-28)20(29)15-9-13-5-3-4-6-14(13)10-15;1-30-22(29)21-25-17-7-6-15(10-18(17)26-21)27-20(23)16(11-24-27)19(28)14-8-12-4-2-3-5-13(12)9-14/h2*3-9,11-12H,2,10,24H2,1H3,(H,26,27);2-8,10-11H,9,23H2,1H3,(H,25,26). The fourth-order valence-electron chi connectivity index (χ4n) is 11.2. The van der Waals surface area contributed by atoms with Gasteiger partial charge in [0.05, 0.1) is 106 Å². The van der Waals surface area contributed by atoms with Crippen molar-refractivity contribution in [2.45, 2.75) is 33.1 Å². The number of benzene rings is 6. The number of carbonyl (C=O) groups excluding carboxylic acids is 6. The maximum absolute atomic E-state index is 13.1. The van der Waals surface area contributed by atoms with E-state index < -0.39 is 17.9 Å². The summed E-state index contributed by atoms with van der Waals surface area (Å²) in [5, 5.41) is 13.0.